The Morgan fingerprint density at radius 2 is 1.80 bits per heavy atom. The van der Waals surface area contributed by atoms with Crippen molar-refractivity contribution in [3.05, 3.63) is 128 Å². The molecule has 0 unspecified atom stereocenters. The molecule has 0 bridgehead atoms. The van der Waals surface area contributed by atoms with Crippen molar-refractivity contribution in [3.8, 4) is 0 Å². The lowest BCUT2D eigenvalue weighted by Gasteiger charge is -2.28. The molecule has 44 heavy (non-hydrogen) atoms. The van der Waals surface area contributed by atoms with Gasteiger partial charge in [-0.05, 0) is 85.4 Å². The fraction of sp³-hybridized carbons (Fsp3) is 0.306. The summed E-state index contributed by atoms with van der Waals surface area (Å²) in [5.74, 6) is -0.617. The van der Waals surface area contributed by atoms with Gasteiger partial charge in [-0.25, -0.2) is 4.39 Å². The summed E-state index contributed by atoms with van der Waals surface area (Å²) in [6.45, 7) is 1.49. The number of allylic oxidation sites excluding steroid dienone is 1. The number of carbonyl (C=O) groups is 2. The summed E-state index contributed by atoms with van der Waals surface area (Å²) in [6, 6.07) is 20.4. The van der Waals surface area contributed by atoms with Gasteiger partial charge in [0.15, 0.2) is 11.2 Å². The van der Waals surface area contributed by atoms with Crippen LogP contribution in [-0.4, -0.2) is 29.3 Å². The lowest BCUT2D eigenvalue weighted by molar-refractivity contribution is -0.128. The van der Waals surface area contributed by atoms with Crippen LogP contribution < -0.4 is 10.7 Å². The number of rotatable bonds is 8. The molecule has 2 amide bonds. The van der Waals surface area contributed by atoms with Gasteiger partial charge in [-0.1, -0.05) is 59.6 Å². The first-order valence-electron chi connectivity index (χ1n) is 15.2. The number of nitrogens with one attached hydrogen (secondary N) is 1. The third kappa shape index (κ3) is 6.94. The van der Waals surface area contributed by atoms with Crippen molar-refractivity contribution < 1.29 is 18.4 Å². The highest BCUT2D eigenvalue weighted by Crippen LogP contribution is 2.37. The predicted molar refractivity (Wildman–Crippen MR) is 169 cm³/mol. The predicted octanol–water partition coefficient (Wildman–Crippen LogP) is 7.33. The Kier molecular flexibility index (Phi) is 8.94. The number of hydrogen-bond acceptors (Lipinski definition) is 4. The molecular weight excluding hydrogens is 579 g/mol. The fourth-order valence-corrected chi connectivity index (χ4v) is 6.54. The van der Waals surface area contributed by atoms with Crippen LogP contribution in [0.25, 0.3) is 11.0 Å². The van der Waals surface area contributed by atoms with Crippen molar-refractivity contribution in [2.45, 2.75) is 63.5 Å². The van der Waals surface area contributed by atoms with Crippen LogP contribution in [0, 0.1) is 5.82 Å². The molecule has 6 rings (SSSR count). The van der Waals surface area contributed by atoms with Crippen LogP contribution in [-0.2, 0) is 17.8 Å². The second-order valence-corrected chi connectivity index (χ2v) is 12.2. The maximum absolute atomic E-state index is 13.8. The van der Waals surface area contributed by atoms with Gasteiger partial charge in [0.2, 0.25) is 5.91 Å². The van der Waals surface area contributed by atoms with Crippen LogP contribution in [0.4, 0.5) is 4.39 Å². The summed E-state index contributed by atoms with van der Waals surface area (Å²) in [5, 5.41) is 3.88. The number of halogens is 2. The van der Waals surface area contributed by atoms with E-state index in [2.05, 4.69) is 29.6 Å². The first-order chi connectivity index (χ1) is 21.3. The first kappa shape index (κ1) is 29.8. The van der Waals surface area contributed by atoms with Crippen LogP contribution in [0.1, 0.15) is 71.7 Å². The Hall–Kier alpha value is -4.23. The molecule has 4 aromatic rings. The highest BCUT2D eigenvalue weighted by molar-refractivity contribution is 6.30. The van der Waals surface area contributed by atoms with Gasteiger partial charge in [-0.3, -0.25) is 14.4 Å². The molecule has 2 heterocycles. The third-order valence-electron chi connectivity index (χ3n) is 8.69. The number of amides is 2. The van der Waals surface area contributed by atoms with Gasteiger partial charge in [-0.15, -0.1) is 0 Å². The van der Waals surface area contributed by atoms with E-state index in [1.165, 1.54) is 28.8 Å². The number of hydrogen-bond donors (Lipinski definition) is 1. The second kappa shape index (κ2) is 13.2. The molecule has 2 aliphatic rings. The second-order valence-electron chi connectivity index (χ2n) is 11.7. The van der Waals surface area contributed by atoms with E-state index in [1.54, 1.807) is 0 Å². The zero-order valence-electron chi connectivity index (χ0n) is 24.4. The summed E-state index contributed by atoms with van der Waals surface area (Å²) in [7, 11) is 0. The van der Waals surface area contributed by atoms with Crippen molar-refractivity contribution in [2.24, 2.45) is 0 Å². The maximum Gasteiger partial charge on any atom is 0.287 e. The molecule has 1 aromatic heterocycles. The van der Waals surface area contributed by atoms with Gasteiger partial charge in [-0.2, -0.15) is 0 Å². The molecule has 226 valence electrons. The van der Waals surface area contributed by atoms with Gasteiger partial charge in [0.25, 0.3) is 5.91 Å². The quantitative estimate of drug-likeness (QED) is 0.211. The summed E-state index contributed by atoms with van der Waals surface area (Å²) < 4.78 is 19.5. The van der Waals surface area contributed by atoms with Crippen LogP contribution in [0.5, 0.6) is 0 Å². The Labute approximate surface area is 260 Å². The SMILES string of the molecule is O=C(N[C@H](C=C1CCC(c2ccccc2CN2CCCC2=O)CC1)Cc1ccc(Cl)cc1)c1cc(=O)c2ccc(F)cc2o1. The van der Waals surface area contributed by atoms with E-state index in [0.29, 0.717) is 30.3 Å². The zero-order chi connectivity index (χ0) is 30.6. The fourth-order valence-electron chi connectivity index (χ4n) is 6.41. The number of fused-ring (bicyclic) bond motifs is 1. The van der Waals surface area contributed by atoms with Crippen LogP contribution >= 0.6 is 11.6 Å². The zero-order valence-corrected chi connectivity index (χ0v) is 25.1. The van der Waals surface area contributed by atoms with Gasteiger partial charge >= 0.3 is 0 Å². The molecule has 1 saturated heterocycles. The Bertz CT molecular complexity index is 1770. The molecular formula is C36H34ClFN2O4. The Morgan fingerprint density at radius 3 is 2.55 bits per heavy atom. The molecule has 1 aliphatic carbocycles. The first-order valence-corrected chi connectivity index (χ1v) is 15.5. The van der Waals surface area contributed by atoms with Crippen molar-refractivity contribution >= 4 is 34.4 Å². The van der Waals surface area contributed by atoms with E-state index in [1.807, 2.05) is 35.2 Å². The van der Waals surface area contributed by atoms with Crippen LogP contribution in [0.3, 0.4) is 0 Å². The smallest absolute Gasteiger partial charge is 0.287 e. The summed E-state index contributed by atoms with van der Waals surface area (Å²) in [6.07, 6.45) is 7.94. The lowest BCUT2D eigenvalue weighted by Crippen LogP contribution is -2.36. The standard InChI is InChI=1S/C36H34ClFN2O4/c37-27-13-9-24(10-14-27)19-29(39-36(43)34-21-32(41)31-16-15-28(38)20-33(31)44-34)18-23-7-11-25(12-8-23)30-5-2-1-4-26(30)22-40-17-3-6-35(40)42/h1-2,4-5,9-10,13-16,18,20-21,25,29H,3,6-8,11-12,17,19,22H2,(H,39,43)/t25?,29-/m1/s1. The van der Waals surface area contributed by atoms with E-state index in [9.17, 15) is 18.8 Å². The highest BCUT2D eigenvalue weighted by Gasteiger charge is 2.25. The van der Waals surface area contributed by atoms with Gasteiger partial charge in [0.05, 0.1) is 11.4 Å². The van der Waals surface area contributed by atoms with Gasteiger partial charge in [0, 0.05) is 36.7 Å². The van der Waals surface area contributed by atoms with Gasteiger partial charge in [0.1, 0.15) is 11.4 Å². The maximum atomic E-state index is 13.8. The summed E-state index contributed by atoms with van der Waals surface area (Å²) in [5.41, 5.74) is 4.43. The van der Waals surface area contributed by atoms with Crippen molar-refractivity contribution in [3.63, 3.8) is 0 Å². The molecule has 6 nitrogen and oxygen atoms in total. The Morgan fingerprint density at radius 1 is 1.02 bits per heavy atom. The highest BCUT2D eigenvalue weighted by atomic mass is 35.5. The van der Waals surface area contributed by atoms with Crippen LogP contribution in [0.15, 0.2) is 93.7 Å². The molecule has 3 aromatic carbocycles. The topological polar surface area (TPSA) is 79.6 Å². The number of benzene rings is 3. The van der Waals surface area contributed by atoms with E-state index in [-0.39, 0.29) is 28.7 Å². The van der Waals surface area contributed by atoms with E-state index < -0.39 is 17.2 Å². The average molecular weight is 613 g/mol. The number of nitrogens with zero attached hydrogens (tertiary/aromatic N) is 1. The minimum atomic E-state index is -0.550. The summed E-state index contributed by atoms with van der Waals surface area (Å²) in [4.78, 5) is 40.2. The largest absolute Gasteiger partial charge is 0.451 e. The molecule has 1 aliphatic heterocycles. The molecule has 8 heteroatoms. The van der Waals surface area contributed by atoms with Crippen molar-refractivity contribution in [2.75, 3.05) is 6.54 Å². The molecule has 2 fully saturated rings. The molecule has 0 spiro atoms. The lowest BCUT2D eigenvalue weighted by atomic mass is 9.79. The average Bonchev–Trinajstić information content (AvgIpc) is 3.42. The van der Waals surface area contributed by atoms with Crippen molar-refractivity contribution in [1.29, 1.82) is 0 Å². The molecule has 1 saturated carbocycles. The minimum Gasteiger partial charge on any atom is -0.451 e. The monoisotopic (exact) mass is 612 g/mol. The minimum absolute atomic E-state index is 0.0305. The van der Waals surface area contributed by atoms with Gasteiger partial charge < -0.3 is 14.6 Å². The third-order valence-corrected chi connectivity index (χ3v) is 8.94. The number of carbonyl (C=O) groups excluding carboxylic acids is 2. The Balaban J connectivity index is 1.19. The normalized spacial score (nSPS) is 17.6. The summed E-state index contributed by atoms with van der Waals surface area (Å²) >= 11 is 6.10. The molecule has 1 N–H and O–H groups in total. The van der Waals surface area contributed by atoms with Crippen molar-refractivity contribution in [1.82, 2.24) is 10.2 Å². The van der Waals surface area contributed by atoms with E-state index in [4.69, 9.17) is 16.0 Å². The van der Waals surface area contributed by atoms with E-state index >= 15 is 0 Å². The van der Waals surface area contributed by atoms with Crippen LogP contribution in [0.2, 0.25) is 5.02 Å². The number of likely N-dealkylation sites (tertiary alicyclic amines) is 1. The van der Waals surface area contributed by atoms with E-state index in [0.717, 1.165) is 56.3 Å². The molecule has 1 atom stereocenters. The molecule has 0 radical (unpaired) electrons.